The first kappa shape index (κ1) is 17.2. The van der Waals surface area contributed by atoms with E-state index in [4.69, 9.17) is 20.8 Å². The lowest BCUT2D eigenvalue weighted by atomic mass is 10.1. The molecule has 0 unspecified atom stereocenters. The van der Waals surface area contributed by atoms with Crippen molar-refractivity contribution in [3.05, 3.63) is 94.9 Å². The van der Waals surface area contributed by atoms with E-state index in [9.17, 15) is 4.79 Å². The minimum atomic E-state index is -0.398. The second kappa shape index (κ2) is 7.21. The number of ether oxygens (including phenoxy) is 1. The van der Waals surface area contributed by atoms with Crippen LogP contribution in [0.15, 0.2) is 77.4 Å². The van der Waals surface area contributed by atoms with Gasteiger partial charge in [-0.2, -0.15) is 0 Å². The van der Waals surface area contributed by atoms with E-state index in [1.807, 2.05) is 36.4 Å². The fraction of sp³-hybridized carbons (Fsp3) is 0.0952. The lowest BCUT2D eigenvalue weighted by molar-refractivity contribution is 0.0655. The van der Waals surface area contributed by atoms with E-state index in [2.05, 4.69) is 5.43 Å². The van der Waals surface area contributed by atoms with Crippen LogP contribution in [0.1, 0.15) is 27.7 Å². The smallest absolute Gasteiger partial charge is 0.274 e. The van der Waals surface area contributed by atoms with E-state index in [0.29, 0.717) is 16.3 Å². The summed E-state index contributed by atoms with van der Waals surface area (Å²) >= 11 is 6.23. The van der Waals surface area contributed by atoms with E-state index in [1.165, 1.54) is 5.01 Å². The van der Waals surface area contributed by atoms with Crippen LogP contribution in [0.5, 0.6) is 5.75 Å². The summed E-state index contributed by atoms with van der Waals surface area (Å²) in [5.41, 5.74) is 5.30. The van der Waals surface area contributed by atoms with Gasteiger partial charge in [0.1, 0.15) is 17.6 Å². The van der Waals surface area contributed by atoms with Crippen molar-refractivity contribution in [1.29, 1.82) is 0 Å². The van der Waals surface area contributed by atoms with Crippen molar-refractivity contribution in [2.45, 2.75) is 6.04 Å². The minimum Gasteiger partial charge on any atom is -0.497 e. The number of methoxy groups -OCH3 is 1. The highest BCUT2D eigenvalue weighted by Crippen LogP contribution is 2.34. The average molecular weight is 381 g/mol. The number of nitrogens with zero attached hydrogens (tertiary/aromatic N) is 1. The van der Waals surface area contributed by atoms with Crippen LogP contribution >= 0.6 is 11.6 Å². The highest BCUT2D eigenvalue weighted by Gasteiger charge is 2.33. The maximum atomic E-state index is 13.2. The molecule has 136 valence electrons. The maximum absolute atomic E-state index is 13.2. The van der Waals surface area contributed by atoms with Gasteiger partial charge in [0.15, 0.2) is 0 Å². The third kappa shape index (κ3) is 3.29. The number of amides is 1. The monoisotopic (exact) mass is 380 g/mol. The van der Waals surface area contributed by atoms with Gasteiger partial charge in [-0.25, -0.2) is 5.01 Å². The van der Waals surface area contributed by atoms with Gasteiger partial charge in [0.2, 0.25) is 0 Å². The highest BCUT2D eigenvalue weighted by molar-refractivity contribution is 6.33. The number of hydrogen-bond donors (Lipinski definition) is 1. The molecule has 0 fully saturated rings. The summed E-state index contributed by atoms with van der Waals surface area (Å²) in [6.07, 6.45) is 3.53. The van der Waals surface area contributed by atoms with Crippen LogP contribution in [0.2, 0.25) is 5.02 Å². The molecule has 1 amide bonds. The molecule has 0 bridgehead atoms. The summed E-state index contributed by atoms with van der Waals surface area (Å²) < 4.78 is 10.9. The molecule has 1 aliphatic rings. The largest absolute Gasteiger partial charge is 0.497 e. The van der Waals surface area contributed by atoms with Gasteiger partial charge >= 0.3 is 0 Å². The number of rotatable bonds is 4. The van der Waals surface area contributed by atoms with Gasteiger partial charge in [-0.15, -0.1) is 0 Å². The van der Waals surface area contributed by atoms with E-state index in [1.54, 1.807) is 43.7 Å². The lowest BCUT2D eigenvalue weighted by Crippen LogP contribution is -2.39. The number of nitrogens with one attached hydrogen (secondary N) is 1. The van der Waals surface area contributed by atoms with Crippen LogP contribution in [-0.2, 0) is 0 Å². The summed E-state index contributed by atoms with van der Waals surface area (Å²) in [7, 11) is 1.62. The average Bonchev–Trinajstić information content (AvgIpc) is 3.37. The second-order valence-corrected chi connectivity index (χ2v) is 6.45. The number of furan rings is 1. The Morgan fingerprint density at radius 3 is 2.74 bits per heavy atom. The molecule has 0 saturated carbocycles. The Bertz CT molecular complexity index is 998. The van der Waals surface area contributed by atoms with Crippen LogP contribution in [0.3, 0.4) is 0 Å². The Kier molecular flexibility index (Phi) is 4.60. The van der Waals surface area contributed by atoms with Crippen molar-refractivity contribution >= 4 is 23.2 Å². The first-order chi connectivity index (χ1) is 13.2. The Balaban J connectivity index is 1.72. The maximum Gasteiger partial charge on any atom is 0.274 e. The zero-order chi connectivity index (χ0) is 18.8. The van der Waals surface area contributed by atoms with Gasteiger partial charge in [-0.05, 0) is 42.5 Å². The molecular weight excluding hydrogens is 364 g/mol. The summed E-state index contributed by atoms with van der Waals surface area (Å²) in [5, 5.41) is 1.92. The van der Waals surface area contributed by atoms with Gasteiger partial charge in [0.25, 0.3) is 5.91 Å². The number of hydrogen-bond acceptors (Lipinski definition) is 4. The highest BCUT2D eigenvalue weighted by atomic mass is 35.5. The van der Waals surface area contributed by atoms with Crippen molar-refractivity contribution in [2.24, 2.45) is 0 Å². The van der Waals surface area contributed by atoms with Crippen molar-refractivity contribution in [1.82, 2.24) is 10.4 Å². The third-order valence-corrected chi connectivity index (χ3v) is 4.71. The summed E-state index contributed by atoms with van der Waals surface area (Å²) in [6.45, 7) is 0. The van der Waals surface area contributed by atoms with E-state index < -0.39 is 6.04 Å². The first-order valence-electron chi connectivity index (χ1n) is 8.42. The Morgan fingerprint density at radius 1 is 1.15 bits per heavy atom. The van der Waals surface area contributed by atoms with Crippen molar-refractivity contribution in [3.63, 3.8) is 0 Å². The molecule has 1 aromatic heterocycles. The molecule has 5 nitrogen and oxygen atoms in total. The molecule has 27 heavy (non-hydrogen) atoms. The quantitative estimate of drug-likeness (QED) is 0.713. The molecule has 1 atom stereocenters. The fourth-order valence-corrected chi connectivity index (χ4v) is 3.25. The standard InChI is InChI=1S/C21H17ClN2O3/c1-26-15-7-4-6-14(12-15)18-13-19(20-10-5-11-27-20)24(23-18)21(25)16-8-2-3-9-17(16)22/h2-13,19,23H,1H3/t19-/m1/s1. The summed E-state index contributed by atoms with van der Waals surface area (Å²) in [4.78, 5) is 13.2. The molecule has 0 radical (unpaired) electrons. The summed E-state index contributed by atoms with van der Waals surface area (Å²) in [6, 6.07) is 17.8. The third-order valence-electron chi connectivity index (χ3n) is 4.38. The van der Waals surface area contributed by atoms with E-state index in [0.717, 1.165) is 17.0 Å². The van der Waals surface area contributed by atoms with Crippen LogP contribution in [0.4, 0.5) is 0 Å². The number of hydrazine groups is 1. The predicted molar refractivity (Wildman–Crippen MR) is 103 cm³/mol. The fourth-order valence-electron chi connectivity index (χ4n) is 3.03. The Hall–Kier alpha value is -3.18. The second-order valence-electron chi connectivity index (χ2n) is 6.04. The summed E-state index contributed by atoms with van der Waals surface area (Å²) in [5.74, 6) is 1.15. The van der Waals surface area contributed by atoms with Gasteiger partial charge in [0.05, 0.1) is 29.7 Å². The Labute approximate surface area is 161 Å². The lowest BCUT2D eigenvalue weighted by Gasteiger charge is -2.24. The van der Waals surface area contributed by atoms with E-state index >= 15 is 0 Å². The van der Waals surface area contributed by atoms with Crippen LogP contribution < -0.4 is 10.2 Å². The minimum absolute atomic E-state index is 0.240. The number of halogens is 1. The van der Waals surface area contributed by atoms with Crippen molar-refractivity contribution < 1.29 is 13.9 Å². The van der Waals surface area contributed by atoms with Gasteiger partial charge in [-0.1, -0.05) is 35.9 Å². The molecule has 1 N–H and O–H groups in total. The normalized spacial score (nSPS) is 16.0. The van der Waals surface area contributed by atoms with Crippen LogP contribution in [0.25, 0.3) is 5.70 Å². The van der Waals surface area contributed by atoms with Crippen molar-refractivity contribution in [3.8, 4) is 5.75 Å². The molecule has 2 heterocycles. The molecule has 2 aromatic carbocycles. The molecule has 0 saturated heterocycles. The number of benzene rings is 2. The topological polar surface area (TPSA) is 54.7 Å². The van der Waals surface area contributed by atoms with Gasteiger partial charge in [0, 0.05) is 5.56 Å². The number of carbonyl (C=O) groups is 1. The van der Waals surface area contributed by atoms with Crippen LogP contribution in [-0.4, -0.2) is 18.0 Å². The predicted octanol–water partition coefficient (Wildman–Crippen LogP) is 4.68. The zero-order valence-corrected chi connectivity index (χ0v) is 15.3. The van der Waals surface area contributed by atoms with Crippen molar-refractivity contribution in [2.75, 3.05) is 7.11 Å². The molecule has 0 spiro atoms. The van der Waals surface area contributed by atoms with Gasteiger partial charge < -0.3 is 9.15 Å². The van der Waals surface area contributed by atoms with E-state index in [-0.39, 0.29) is 5.91 Å². The van der Waals surface area contributed by atoms with Gasteiger partial charge in [-0.3, -0.25) is 10.2 Å². The molecule has 3 aromatic rings. The molecule has 0 aliphatic carbocycles. The molecular formula is C21H17ClN2O3. The zero-order valence-electron chi connectivity index (χ0n) is 14.6. The Morgan fingerprint density at radius 2 is 2.00 bits per heavy atom. The molecule has 6 heteroatoms. The molecule has 4 rings (SSSR count). The van der Waals surface area contributed by atoms with Crippen LogP contribution in [0, 0.1) is 0 Å². The number of carbonyl (C=O) groups excluding carboxylic acids is 1. The molecule has 1 aliphatic heterocycles. The first-order valence-corrected chi connectivity index (χ1v) is 8.79. The SMILES string of the molecule is COc1cccc(C2=C[C@H](c3ccco3)N(C(=O)c3ccccc3Cl)N2)c1.